The van der Waals surface area contributed by atoms with E-state index in [0.29, 0.717) is 11.0 Å². The smallest absolute Gasteiger partial charge is 0.450 e. The van der Waals surface area contributed by atoms with E-state index in [-0.39, 0.29) is 5.56 Å². The Bertz CT molecular complexity index is 525. The lowest BCUT2D eigenvalue weighted by molar-refractivity contribution is -0.170. The number of para-hydroxylation sites is 1. The fourth-order valence-corrected chi connectivity index (χ4v) is 1.44. The van der Waals surface area contributed by atoms with Crippen LogP contribution in [0.4, 0.5) is 13.2 Å². The summed E-state index contributed by atoms with van der Waals surface area (Å²) in [7, 11) is 0. The normalized spacial score (nSPS) is 11.9. The molecule has 1 heterocycles. The maximum Gasteiger partial charge on any atom is 0.450 e. The fourth-order valence-electron chi connectivity index (χ4n) is 1.44. The van der Waals surface area contributed by atoms with Crippen LogP contribution in [0.2, 0.25) is 0 Å². The van der Waals surface area contributed by atoms with E-state index in [1.807, 2.05) is 0 Å². The Kier molecular flexibility index (Phi) is 2.46. The van der Waals surface area contributed by atoms with E-state index in [1.165, 1.54) is 6.26 Å². The first-order chi connectivity index (χ1) is 7.48. The number of benzene rings is 1. The summed E-state index contributed by atoms with van der Waals surface area (Å²) in [5, 5.41) is 0.542. The van der Waals surface area contributed by atoms with Crippen LogP contribution in [0.1, 0.15) is 5.56 Å². The third kappa shape index (κ3) is 1.93. The van der Waals surface area contributed by atoms with Crippen LogP contribution in [0, 0.1) is 0 Å². The van der Waals surface area contributed by atoms with Crippen LogP contribution in [0.25, 0.3) is 11.0 Å². The van der Waals surface area contributed by atoms with Gasteiger partial charge >= 0.3 is 6.18 Å². The molecule has 16 heavy (non-hydrogen) atoms. The highest BCUT2D eigenvalue weighted by molar-refractivity contribution is 5.91. The van der Waals surface area contributed by atoms with Gasteiger partial charge in [0.05, 0.1) is 6.26 Å². The Hall–Kier alpha value is -1.78. The van der Waals surface area contributed by atoms with E-state index in [2.05, 4.69) is 0 Å². The number of fused-ring (bicyclic) bond motifs is 1. The molecule has 0 bridgehead atoms. The molecule has 0 radical (unpaired) electrons. The summed E-state index contributed by atoms with van der Waals surface area (Å²) in [6, 6.07) is 6.65. The number of alkyl halides is 3. The minimum absolute atomic E-state index is 0.262. The molecule has 0 saturated carbocycles. The number of Topliss-reactive ketones (excluding diaryl/α,β-unsaturated/α-hetero) is 1. The van der Waals surface area contributed by atoms with Crippen molar-refractivity contribution in [1.29, 1.82) is 0 Å². The van der Waals surface area contributed by atoms with Crippen molar-refractivity contribution in [2.24, 2.45) is 0 Å². The number of furan rings is 1. The first-order valence-corrected chi connectivity index (χ1v) is 4.53. The van der Waals surface area contributed by atoms with Crippen LogP contribution in [0.5, 0.6) is 0 Å². The minimum atomic E-state index is -4.79. The van der Waals surface area contributed by atoms with Crippen molar-refractivity contribution in [3.63, 3.8) is 0 Å². The zero-order valence-corrected chi connectivity index (χ0v) is 8.04. The van der Waals surface area contributed by atoms with E-state index in [1.54, 1.807) is 24.3 Å². The van der Waals surface area contributed by atoms with E-state index >= 15 is 0 Å². The molecule has 1 aromatic heterocycles. The lowest BCUT2D eigenvalue weighted by atomic mass is 10.1. The van der Waals surface area contributed by atoms with E-state index < -0.39 is 18.4 Å². The molecule has 0 aliphatic heterocycles. The van der Waals surface area contributed by atoms with Crippen LogP contribution in [-0.4, -0.2) is 12.0 Å². The lowest BCUT2D eigenvalue weighted by Crippen LogP contribution is -2.24. The number of halogens is 3. The largest absolute Gasteiger partial charge is 0.464 e. The molecule has 5 heteroatoms. The summed E-state index contributed by atoms with van der Waals surface area (Å²) in [4.78, 5) is 10.8. The number of rotatable bonds is 2. The van der Waals surface area contributed by atoms with E-state index in [0.717, 1.165) is 0 Å². The third-order valence-corrected chi connectivity index (χ3v) is 2.23. The standard InChI is InChI=1S/C11H7F3O2/c12-11(13,14)10(15)5-7-6-16-9-4-2-1-3-8(7)9/h1-4,6H,5H2. The molecule has 0 atom stereocenters. The molecule has 2 aromatic rings. The van der Waals surface area contributed by atoms with Gasteiger partial charge in [0.1, 0.15) is 5.58 Å². The van der Waals surface area contributed by atoms with Gasteiger partial charge in [-0.25, -0.2) is 0 Å². The molecular formula is C11H7F3O2. The number of carbonyl (C=O) groups excluding carboxylic acids is 1. The van der Waals surface area contributed by atoms with Crippen LogP contribution >= 0.6 is 0 Å². The highest BCUT2D eigenvalue weighted by Gasteiger charge is 2.38. The molecule has 0 saturated heterocycles. The average Bonchev–Trinajstić information content (AvgIpc) is 2.61. The average molecular weight is 228 g/mol. The molecule has 0 N–H and O–H groups in total. The molecule has 0 aliphatic carbocycles. The molecule has 0 amide bonds. The van der Waals surface area contributed by atoms with Crippen LogP contribution in [-0.2, 0) is 11.2 Å². The molecular weight excluding hydrogens is 221 g/mol. The second-order valence-electron chi connectivity index (χ2n) is 3.35. The van der Waals surface area contributed by atoms with Gasteiger partial charge < -0.3 is 4.42 Å². The predicted octanol–water partition coefficient (Wildman–Crippen LogP) is 3.11. The monoisotopic (exact) mass is 228 g/mol. The summed E-state index contributed by atoms with van der Waals surface area (Å²) < 4.78 is 41.2. The highest BCUT2D eigenvalue weighted by Crippen LogP contribution is 2.24. The minimum Gasteiger partial charge on any atom is -0.464 e. The topological polar surface area (TPSA) is 30.2 Å². The third-order valence-electron chi connectivity index (χ3n) is 2.23. The van der Waals surface area contributed by atoms with Gasteiger partial charge in [-0.1, -0.05) is 18.2 Å². The fraction of sp³-hybridized carbons (Fsp3) is 0.182. The van der Waals surface area contributed by atoms with Crippen LogP contribution < -0.4 is 0 Å². The van der Waals surface area contributed by atoms with Crippen molar-refractivity contribution in [2.75, 3.05) is 0 Å². The van der Waals surface area contributed by atoms with Gasteiger partial charge in [-0.15, -0.1) is 0 Å². The zero-order chi connectivity index (χ0) is 11.8. The van der Waals surface area contributed by atoms with E-state index in [4.69, 9.17) is 4.42 Å². The Morgan fingerprint density at radius 3 is 2.62 bits per heavy atom. The maximum atomic E-state index is 12.1. The highest BCUT2D eigenvalue weighted by atomic mass is 19.4. The Morgan fingerprint density at radius 1 is 1.25 bits per heavy atom. The molecule has 84 valence electrons. The molecule has 1 aromatic carbocycles. The zero-order valence-electron chi connectivity index (χ0n) is 8.04. The second kappa shape index (κ2) is 3.66. The Morgan fingerprint density at radius 2 is 1.94 bits per heavy atom. The Balaban J connectivity index is 2.32. The molecule has 0 spiro atoms. The summed E-state index contributed by atoms with van der Waals surface area (Å²) in [5.74, 6) is -1.76. The van der Waals surface area contributed by atoms with Crippen molar-refractivity contribution < 1.29 is 22.4 Å². The second-order valence-corrected chi connectivity index (χ2v) is 3.35. The van der Waals surface area contributed by atoms with Crippen LogP contribution in [0.15, 0.2) is 34.9 Å². The van der Waals surface area contributed by atoms with Gasteiger partial charge in [-0.2, -0.15) is 13.2 Å². The molecule has 0 aliphatic rings. The quantitative estimate of drug-likeness (QED) is 0.790. The van der Waals surface area contributed by atoms with Crippen molar-refractivity contribution >= 4 is 16.8 Å². The van der Waals surface area contributed by atoms with Crippen molar-refractivity contribution in [1.82, 2.24) is 0 Å². The summed E-state index contributed by atoms with van der Waals surface area (Å²) in [6.07, 6.45) is -4.28. The first-order valence-electron chi connectivity index (χ1n) is 4.53. The molecule has 0 fully saturated rings. The van der Waals surface area contributed by atoms with Crippen molar-refractivity contribution in [3.05, 3.63) is 36.1 Å². The summed E-state index contributed by atoms with van der Waals surface area (Å²) in [5.41, 5.74) is 0.741. The van der Waals surface area contributed by atoms with Gasteiger partial charge in [0.15, 0.2) is 0 Å². The number of hydrogen-bond acceptors (Lipinski definition) is 2. The van der Waals surface area contributed by atoms with Gasteiger partial charge in [0, 0.05) is 17.4 Å². The van der Waals surface area contributed by atoms with Gasteiger partial charge in [-0.05, 0) is 6.07 Å². The van der Waals surface area contributed by atoms with Gasteiger partial charge in [-0.3, -0.25) is 4.79 Å². The summed E-state index contributed by atoms with van der Waals surface area (Å²) >= 11 is 0. The molecule has 2 nitrogen and oxygen atoms in total. The van der Waals surface area contributed by atoms with Gasteiger partial charge in [0.2, 0.25) is 5.78 Å². The van der Waals surface area contributed by atoms with Crippen LogP contribution in [0.3, 0.4) is 0 Å². The maximum absolute atomic E-state index is 12.1. The molecule has 0 unspecified atom stereocenters. The predicted molar refractivity (Wildman–Crippen MR) is 51.0 cm³/mol. The van der Waals surface area contributed by atoms with Gasteiger partial charge in [0.25, 0.3) is 0 Å². The van der Waals surface area contributed by atoms with Crippen molar-refractivity contribution in [3.8, 4) is 0 Å². The Labute approximate surface area is 88.7 Å². The first kappa shape index (κ1) is 10.7. The SMILES string of the molecule is O=C(Cc1coc2ccccc12)C(F)(F)F. The number of ketones is 1. The lowest BCUT2D eigenvalue weighted by Gasteiger charge is -2.03. The number of carbonyl (C=O) groups is 1. The molecule has 2 rings (SSSR count). The summed E-state index contributed by atoms with van der Waals surface area (Å²) in [6.45, 7) is 0. The number of hydrogen-bond donors (Lipinski definition) is 0. The van der Waals surface area contributed by atoms with E-state index in [9.17, 15) is 18.0 Å². The van der Waals surface area contributed by atoms with Crippen molar-refractivity contribution in [2.45, 2.75) is 12.6 Å².